The maximum absolute atomic E-state index is 5.21. The third-order valence-electron chi connectivity index (χ3n) is 1.25. The molecule has 0 unspecified atom stereocenters. The summed E-state index contributed by atoms with van der Waals surface area (Å²) < 4.78 is 14.1. The maximum Gasteiger partial charge on any atom is 0.576 e. The maximum atomic E-state index is 5.21. The van der Waals surface area contributed by atoms with Crippen LogP contribution in [0.5, 0.6) is 0 Å². The molecule has 0 aromatic rings. The van der Waals surface area contributed by atoms with Gasteiger partial charge >= 0.3 is 9.53 Å². The van der Waals surface area contributed by atoms with Gasteiger partial charge in [-0.15, -0.1) is 0 Å². The summed E-state index contributed by atoms with van der Waals surface area (Å²) in [5.41, 5.74) is 5.21. The minimum Gasteiger partial charge on any atom is -0.375 e. The molecule has 0 aromatic heterocycles. The Morgan fingerprint density at radius 2 is 1.57 bits per heavy atom. The fourth-order valence-corrected chi connectivity index (χ4v) is 1.15. The van der Waals surface area contributed by atoms with Crippen molar-refractivity contribution in [2.75, 3.05) is 41.0 Å². The Bertz CT molecular complexity index is 85.1. The standard InChI is InChI=1S/C5H14N2.C3H9O3Si/c1-2-4-7-5-3-6;1-4-7(5-2)6-3/h7H,2-6H2,1H3;1-3H3. The van der Waals surface area contributed by atoms with Crippen LogP contribution in [0, 0.1) is 0 Å². The number of rotatable bonds is 7. The second kappa shape index (κ2) is 15.5. The Labute approximate surface area is 88.9 Å². The summed E-state index contributed by atoms with van der Waals surface area (Å²) in [6.45, 7) is 4.94. The molecule has 0 fully saturated rings. The van der Waals surface area contributed by atoms with Crippen LogP contribution < -0.4 is 11.1 Å². The van der Waals surface area contributed by atoms with E-state index in [1.54, 1.807) is 21.3 Å². The molecule has 0 aromatic carbocycles. The van der Waals surface area contributed by atoms with Crippen molar-refractivity contribution in [1.82, 2.24) is 5.32 Å². The molecular weight excluding hydrogens is 200 g/mol. The van der Waals surface area contributed by atoms with Gasteiger partial charge in [0, 0.05) is 34.4 Å². The molecule has 0 saturated carbocycles. The second-order valence-electron chi connectivity index (χ2n) is 2.40. The van der Waals surface area contributed by atoms with E-state index in [1.807, 2.05) is 0 Å². The Morgan fingerprint density at radius 1 is 1.07 bits per heavy atom. The molecular formula is C8H23N2O3Si. The monoisotopic (exact) mass is 223 g/mol. The van der Waals surface area contributed by atoms with Gasteiger partial charge in [0.2, 0.25) is 0 Å². The highest BCUT2D eigenvalue weighted by atomic mass is 28.3. The SMILES string of the molecule is CCCNCCN.CO[Si](OC)OC. The zero-order valence-corrected chi connectivity index (χ0v) is 10.6. The third-order valence-corrected chi connectivity index (χ3v) is 2.25. The first-order chi connectivity index (χ1) is 6.76. The van der Waals surface area contributed by atoms with Crippen molar-refractivity contribution in [2.24, 2.45) is 5.73 Å². The van der Waals surface area contributed by atoms with E-state index >= 15 is 0 Å². The van der Waals surface area contributed by atoms with Gasteiger partial charge in [-0.3, -0.25) is 0 Å². The first kappa shape index (κ1) is 16.4. The second-order valence-corrected chi connectivity index (χ2v) is 4.13. The number of nitrogens with two attached hydrogens (primary N) is 1. The number of hydrogen-bond acceptors (Lipinski definition) is 5. The first-order valence-electron chi connectivity index (χ1n) is 4.66. The smallest absolute Gasteiger partial charge is 0.375 e. The predicted molar refractivity (Wildman–Crippen MR) is 59.0 cm³/mol. The summed E-state index contributed by atoms with van der Waals surface area (Å²) in [6.07, 6.45) is 1.19. The quantitative estimate of drug-likeness (QED) is 0.464. The lowest BCUT2D eigenvalue weighted by molar-refractivity contribution is 0.163. The molecule has 1 radical (unpaired) electrons. The van der Waals surface area contributed by atoms with Crippen molar-refractivity contribution < 1.29 is 13.3 Å². The zero-order valence-electron chi connectivity index (χ0n) is 9.63. The average Bonchev–Trinajstić information content (AvgIpc) is 2.22. The van der Waals surface area contributed by atoms with Crippen molar-refractivity contribution in [3.63, 3.8) is 0 Å². The Balaban J connectivity index is 0. The average molecular weight is 223 g/mol. The van der Waals surface area contributed by atoms with Crippen LogP contribution >= 0.6 is 0 Å². The molecule has 0 aliphatic carbocycles. The zero-order chi connectivity index (χ0) is 11.2. The molecule has 0 atom stereocenters. The third kappa shape index (κ3) is 14.5. The van der Waals surface area contributed by atoms with E-state index in [9.17, 15) is 0 Å². The van der Waals surface area contributed by atoms with E-state index < -0.39 is 9.53 Å². The van der Waals surface area contributed by atoms with Gasteiger partial charge in [0.1, 0.15) is 0 Å². The highest BCUT2D eigenvalue weighted by Gasteiger charge is 2.09. The van der Waals surface area contributed by atoms with Crippen LogP contribution in [0.15, 0.2) is 0 Å². The van der Waals surface area contributed by atoms with E-state index in [2.05, 4.69) is 12.2 Å². The van der Waals surface area contributed by atoms with E-state index in [1.165, 1.54) is 6.42 Å². The van der Waals surface area contributed by atoms with E-state index in [-0.39, 0.29) is 0 Å². The summed E-state index contributed by atoms with van der Waals surface area (Å²) in [4.78, 5) is 0. The molecule has 0 aliphatic heterocycles. The van der Waals surface area contributed by atoms with Gasteiger partial charge in [0.05, 0.1) is 0 Å². The molecule has 5 nitrogen and oxygen atoms in total. The van der Waals surface area contributed by atoms with Gasteiger partial charge in [-0.05, 0) is 13.0 Å². The lowest BCUT2D eigenvalue weighted by Crippen LogP contribution is -2.22. The number of nitrogens with one attached hydrogen (secondary N) is 1. The van der Waals surface area contributed by atoms with Gasteiger partial charge < -0.3 is 24.3 Å². The van der Waals surface area contributed by atoms with E-state index in [0.717, 1.165) is 19.6 Å². The summed E-state index contributed by atoms with van der Waals surface area (Å²) >= 11 is 0. The first-order valence-corrected chi connectivity index (χ1v) is 5.88. The van der Waals surface area contributed by atoms with Crippen LogP contribution in [-0.2, 0) is 13.3 Å². The largest absolute Gasteiger partial charge is 0.576 e. The summed E-state index contributed by atoms with van der Waals surface area (Å²) in [7, 11) is 3.31. The molecule has 0 saturated heterocycles. The molecule has 87 valence electrons. The van der Waals surface area contributed by atoms with Crippen molar-refractivity contribution in [2.45, 2.75) is 13.3 Å². The lowest BCUT2D eigenvalue weighted by Gasteiger charge is -2.02. The Kier molecular flexibility index (Phi) is 18.2. The molecule has 0 heterocycles. The van der Waals surface area contributed by atoms with Crippen molar-refractivity contribution in [3.05, 3.63) is 0 Å². The minimum atomic E-state index is -1.36. The topological polar surface area (TPSA) is 65.7 Å². The van der Waals surface area contributed by atoms with Crippen LogP contribution in [0.1, 0.15) is 13.3 Å². The summed E-state index contributed by atoms with van der Waals surface area (Å²) in [6, 6.07) is 0. The molecule has 6 heteroatoms. The molecule has 0 spiro atoms. The molecule has 3 N–H and O–H groups in total. The Morgan fingerprint density at radius 3 is 1.79 bits per heavy atom. The molecule has 0 amide bonds. The summed E-state index contributed by atoms with van der Waals surface area (Å²) in [5, 5.41) is 3.16. The fraction of sp³-hybridized carbons (Fsp3) is 1.00. The fourth-order valence-electron chi connectivity index (χ4n) is 0.654. The van der Waals surface area contributed by atoms with Gasteiger partial charge in [-0.1, -0.05) is 6.92 Å². The van der Waals surface area contributed by atoms with Gasteiger partial charge in [-0.2, -0.15) is 0 Å². The molecule has 14 heavy (non-hydrogen) atoms. The van der Waals surface area contributed by atoms with Crippen LogP contribution in [0.3, 0.4) is 0 Å². The molecule has 0 bridgehead atoms. The molecule has 0 aliphatic rings. The van der Waals surface area contributed by atoms with Crippen molar-refractivity contribution in [1.29, 1.82) is 0 Å². The lowest BCUT2D eigenvalue weighted by atomic mass is 10.5. The normalized spacial score (nSPS) is 9.86. The van der Waals surface area contributed by atoms with Crippen LogP contribution in [-0.4, -0.2) is 50.5 Å². The highest BCUT2D eigenvalue weighted by Crippen LogP contribution is 1.81. The van der Waals surface area contributed by atoms with Gasteiger partial charge in [0.15, 0.2) is 0 Å². The van der Waals surface area contributed by atoms with Gasteiger partial charge in [0.25, 0.3) is 0 Å². The predicted octanol–water partition coefficient (Wildman–Crippen LogP) is -0.145. The van der Waals surface area contributed by atoms with E-state index in [4.69, 9.17) is 19.0 Å². The van der Waals surface area contributed by atoms with Crippen LogP contribution in [0.2, 0.25) is 0 Å². The number of hydrogen-bond donors (Lipinski definition) is 2. The minimum absolute atomic E-state index is 0.750. The van der Waals surface area contributed by atoms with Crippen molar-refractivity contribution in [3.8, 4) is 0 Å². The molecule has 0 rings (SSSR count). The Hall–Kier alpha value is 0.0169. The van der Waals surface area contributed by atoms with Gasteiger partial charge in [-0.25, -0.2) is 0 Å². The van der Waals surface area contributed by atoms with Crippen molar-refractivity contribution >= 4 is 9.53 Å². The highest BCUT2D eigenvalue weighted by molar-refractivity contribution is 6.36. The van der Waals surface area contributed by atoms with Crippen LogP contribution in [0.4, 0.5) is 0 Å². The van der Waals surface area contributed by atoms with Crippen LogP contribution in [0.25, 0.3) is 0 Å². The summed E-state index contributed by atoms with van der Waals surface area (Å²) in [5.74, 6) is 0. The van der Waals surface area contributed by atoms with E-state index in [0.29, 0.717) is 0 Å².